The van der Waals surface area contributed by atoms with Crippen LogP contribution in [0.1, 0.15) is 27.2 Å². The van der Waals surface area contributed by atoms with E-state index in [1.54, 1.807) is 35.7 Å². The summed E-state index contributed by atoms with van der Waals surface area (Å²) in [6.45, 7) is 2.57. The molecular formula is C27H23ClFN3O4. The van der Waals surface area contributed by atoms with Gasteiger partial charge >= 0.3 is 0 Å². The molecule has 0 saturated heterocycles. The molecular weight excluding hydrogens is 485 g/mol. The Kier molecular flexibility index (Phi) is 6.14. The van der Waals surface area contributed by atoms with Crippen LogP contribution in [-0.4, -0.2) is 26.5 Å². The Hall–Kier alpha value is -3.91. The van der Waals surface area contributed by atoms with Crippen LogP contribution in [0.3, 0.4) is 0 Å². The van der Waals surface area contributed by atoms with Crippen molar-refractivity contribution in [2.24, 2.45) is 7.05 Å². The Morgan fingerprint density at radius 1 is 1.03 bits per heavy atom. The van der Waals surface area contributed by atoms with Crippen LogP contribution in [0.4, 0.5) is 4.39 Å². The lowest BCUT2D eigenvalue weighted by Crippen LogP contribution is -2.43. The zero-order valence-corrected chi connectivity index (χ0v) is 20.5. The molecule has 1 amide bonds. The van der Waals surface area contributed by atoms with Crippen LogP contribution in [0, 0.1) is 12.7 Å². The molecule has 0 unspecified atom stereocenters. The van der Waals surface area contributed by atoms with Crippen molar-refractivity contribution in [2.45, 2.75) is 26.6 Å². The summed E-state index contributed by atoms with van der Waals surface area (Å²) in [5.74, 6) is -1.08. The van der Waals surface area contributed by atoms with E-state index in [2.05, 4.69) is 0 Å². The highest BCUT2D eigenvalue weighted by atomic mass is 35.5. The van der Waals surface area contributed by atoms with Gasteiger partial charge in [-0.3, -0.25) is 14.4 Å². The third-order valence-corrected chi connectivity index (χ3v) is 6.69. The number of hydrogen-bond acceptors (Lipinski definition) is 4. The second kappa shape index (κ2) is 9.28. The van der Waals surface area contributed by atoms with Gasteiger partial charge in [-0.2, -0.15) is 0 Å². The van der Waals surface area contributed by atoms with E-state index in [0.29, 0.717) is 11.1 Å². The van der Waals surface area contributed by atoms with Gasteiger partial charge in [0.05, 0.1) is 10.4 Å². The summed E-state index contributed by atoms with van der Waals surface area (Å²) in [6.07, 6.45) is 1.61. The fraction of sp³-hybridized carbons (Fsp3) is 0.222. The van der Waals surface area contributed by atoms with E-state index in [1.165, 1.54) is 16.7 Å². The fourth-order valence-electron chi connectivity index (χ4n) is 4.65. The van der Waals surface area contributed by atoms with Gasteiger partial charge in [0, 0.05) is 32.9 Å². The fourth-order valence-corrected chi connectivity index (χ4v) is 4.85. The summed E-state index contributed by atoms with van der Waals surface area (Å²) in [5, 5.41) is 0.210. The minimum atomic E-state index is -0.545. The van der Waals surface area contributed by atoms with Crippen LogP contribution in [0.5, 0.6) is 5.75 Å². The van der Waals surface area contributed by atoms with Crippen molar-refractivity contribution in [1.82, 2.24) is 14.0 Å². The van der Waals surface area contributed by atoms with Gasteiger partial charge in [-0.05, 0) is 35.7 Å². The Morgan fingerprint density at radius 2 is 1.78 bits per heavy atom. The Bertz CT molecular complexity index is 1630. The number of halogens is 2. The molecule has 0 radical (unpaired) electrons. The summed E-state index contributed by atoms with van der Waals surface area (Å²) < 4.78 is 22.6. The van der Waals surface area contributed by atoms with E-state index >= 15 is 0 Å². The molecule has 2 aromatic carbocycles. The smallest absolute Gasteiger partial charge is 0.274 e. The quantitative estimate of drug-likeness (QED) is 0.409. The number of aryl methyl sites for hydroxylation is 2. The molecule has 5 rings (SSSR count). The van der Waals surface area contributed by atoms with Gasteiger partial charge in [-0.1, -0.05) is 48.0 Å². The van der Waals surface area contributed by atoms with Gasteiger partial charge in [0.2, 0.25) is 5.43 Å². The molecule has 1 aliphatic rings. The lowest BCUT2D eigenvalue weighted by Gasteiger charge is -2.32. The average Bonchev–Trinajstić information content (AvgIpc) is 2.86. The summed E-state index contributed by atoms with van der Waals surface area (Å²) in [6, 6.07) is 13.6. The van der Waals surface area contributed by atoms with Crippen LogP contribution in [-0.2, 0) is 26.7 Å². The number of rotatable bonds is 5. The van der Waals surface area contributed by atoms with Gasteiger partial charge < -0.3 is 18.8 Å². The number of hydrogen-bond donors (Lipinski definition) is 0. The van der Waals surface area contributed by atoms with E-state index < -0.39 is 17.2 Å². The lowest BCUT2D eigenvalue weighted by atomic mass is 10.1. The molecule has 2 aromatic heterocycles. The zero-order chi connectivity index (χ0) is 25.6. The van der Waals surface area contributed by atoms with Crippen molar-refractivity contribution in [1.29, 1.82) is 0 Å². The Labute approximate surface area is 210 Å². The van der Waals surface area contributed by atoms with Crippen LogP contribution < -0.4 is 15.7 Å². The number of carbonyl (C=O) groups excluding carboxylic acids is 1. The minimum Gasteiger partial charge on any atom is -0.483 e. The normalized spacial score (nSPS) is 13.2. The SMILES string of the molecule is Cc1cn(C)c(=O)c2c1c(=O)c(OCc1ccccc1)c1n2CCN(Cc2ccc(F)c(Cl)c2)C1=O. The van der Waals surface area contributed by atoms with Crippen LogP contribution in [0.2, 0.25) is 5.02 Å². The number of ether oxygens (including phenoxy) is 1. The highest BCUT2D eigenvalue weighted by Crippen LogP contribution is 2.28. The van der Waals surface area contributed by atoms with Crippen molar-refractivity contribution in [3.8, 4) is 5.75 Å². The predicted octanol–water partition coefficient (Wildman–Crippen LogP) is 4.04. The maximum Gasteiger partial charge on any atom is 0.274 e. The summed E-state index contributed by atoms with van der Waals surface area (Å²) >= 11 is 5.93. The molecule has 0 spiro atoms. The van der Waals surface area contributed by atoms with Gasteiger partial charge in [0.15, 0.2) is 11.4 Å². The minimum absolute atomic E-state index is 0.0330. The first kappa shape index (κ1) is 23.8. The first-order valence-corrected chi connectivity index (χ1v) is 11.8. The molecule has 0 bridgehead atoms. The maximum absolute atomic E-state index is 13.8. The number of benzene rings is 2. The number of carbonyl (C=O) groups is 1. The molecule has 0 atom stereocenters. The van der Waals surface area contributed by atoms with Gasteiger partial charge in [0.1, 0.15) is 17.9 Å². The van der Waals surface area contributed by atoms with E-state index in [0.717, 1.165) is 5.56 Å². The molecule has 0 fully saturated rings. The number of aromatic nitrogens is 2. The monoisotopic (exact) mass is 507 g/mol. The molecule has 0 N–H and O–H groups in total. The Morgan fingerprint density at radius 3 is 2.50 bits per heavy atom. The zero-order valence-electron chi connectivity index (χ0n) is 19.8. The topological polar surface area (TPSA) is 73.5 Å². The number of pyridine rings is 2. The second-order valence-corrected chi connectivity index (χ2v) is 9.27. The highest BCUT2D eigenvalue weighted by Gasteiger charge is 2.33. The van der Waals surface area contributed by atoms with Gasteiger partial charge in [-0.15, -0.1) is 0 Å². The number of fused-ring (bicyclic) bond motifs is 3. The molecule has 36 heavy (non-hydrogen) atoms. The van der Waals surface area contributed by atoms with E-state index in [9.17, 15) is 18.8 Å². The van der Waals surface area contributed by atoms with E-state index in [-0.39, 0.29) is 59.2 Å². The van der Waals surface area contributed by atoms with Crippen LogP contribution in [0.15, 0.2) is 64.3 Å². The van der Waals surface area contributed by atoms with Crippen LogP contribution >= 0.6 is 11.6 Å². The lowest BCUT2D eigenvalue weighted by molar-refractivity contribution is 0.0683. The molecule has 7 nitrogen and oxygen atoms in total. The third kappa shape index (κ3) is 4.07. The molecule has 0 saturated carbocycles. The largest absolute Gasteiger partial charge is 0.483 e. The van der Waals surface area contributed by atoms with Gasteiger partial charge in [0.25, 0.3) is 11.5 Å². The average molecular weight is 508 g/mol. The van der Waals surface area contributed by atoms with Crippen LogP contribution in [0.25, 0.3) is 10.9 Å². The molecule has 1 aliphatic heterocycles. The van der Waals surface area contributed by atoms with E-state index in [4.69, 9.17) is 16.3 Å². The third-order valence-electron chi connectivity index (χ3n) is 6.40. The molecule has 4 aromatic rings. The Balaban J connectivity index is 1.66. The molecule has 184 valence electrons. The summed E-state index contributed by atoms with van der Waals surface area (Å²) in [4.78, 5) is 42.1. The number of nitrogens with zero attached hydrogens (tertiary/aromatic N) is 3. The van der Waals surface area contributed by atoms with Crippen molar-refractivity contribution >= 4 is 28.4 Å². The first-order chi connectivity index (χ1) is 17.3. The standard InChI is InChI=1S/C27H23ClFN3O4/c1-16-13-30(2)26(34)22-21(16)24(33)25(36-15-17-6-4-3-5-7-17)23-27(35)31(10-11-32(22)23)14-18-8-9-20(29)19(28)12-18/h3-9,12-13H,10-11,14-15H2,1-2H3. The highest BCUT2D eigenvalue weighted by molar-refractivity contribution is 6.30. The number of amides is 1. The van der Waals surface area contributed by atoms with Crippen molar-refractivity contribution in [2.75, 3.05) is 6.54 Å². The molecule has 3 heterocycles. The summed E-state index contributed by atoms with van der Waals surface area (Å²) in [5.41, 5.74) is 1.45. The second-order valence-electron chi connectivity index (χ2n) is 8.86. The molecule has 9 heteroatoms. The summed E-state index contributed by atoms with van der Waals surface area (Å²) in [7, 11) is 1.61. The maximum atomic E-state index is 13.8. The predicted molar refractivity (Wildman–Crippen MR) is 135 cm³/mol. The van der Waals surface area contributed by atoms with Crippen molar-refractivity contribution in [3.05, 3.63) is 109 Å². The first-order valence-electron chi connectivity index (χ1n) is 11.4. The van der Waals surface area contributed by atoms with Crippen molar-refractivity contribution in [3.63, 3.8) is 0 Å². The van der Waals surface area contributed by atoms with Crippen molar-refractivity contribution < 1.29 is 13.9 Å². The van der Waals surface area contributed by atoms with Gasteiger partial charge in [-0.25, -0.2) is 4.39 Å². The van der Waals surface area contributed by atoms with E-state index in [1.807, 2.05) is 30.3 Å². The molecule has 0 aliphatic carbocycles.